The van der Waals surface area contributed by atoms with E-state index in [0.717, 1.165) is 0 Å². The second kappa shape index (κ2) is 7.00. The summed E-state index contributed by atoms with van der Waals surface area (Å²) in [5, 5.41) is 0.208. The van der Waals surface area contributed by atoms with E-state index in [9.17, 15) is 9.59 Å². The monoisotopic (exact) mass is 480 g/mol. The van der Waals surface area contributed by atoms with E-state index in [1.807, 2.05) is 22.6 Å². The highest BCUT2D eigenvalue weighted by atomic mass is 127. The van der Waals surface area contributed by atoms with Gasteiger partial charge in [0, 0.05) is 36.4 Å². The van der Waals surface area contributed by atoms with E-state index in [4.69, 9.17) is 25.8 Å². The molecule has 0 aromatic carbocycles. The van der Waals surface area contributed by atoms with Crippen molar-refractivity contribution in [1.29, 1.82) is 0 Å². The fraction of sp³-hybridized carbons (Fsp3) is 0.500. The molecule has 3 rings (SSSR count). The Morgan fingerprint density at radius 1 is 1.24 bits per heavy atom. The SMILES string of the molecule is CC(=O)O[C@@H]1[C@H](OC(C)=O)[C@@H](C)O[C@H]1n1cnc2c(Cl)nc(I)nc21. The van der Waals surface area contributed by atoms with Gasteiger partial charge in [-0.15, -0.1) is 0 Å². The van der Waals surface area contributed by atoms with Gasteiger partial charge in [-0.1, -0.05) is 11.6 Å². The Kier molecular flexibility index (Phi) is 5.11. The molecular weight excluding hydrogens is 467 g/mol. The fourth-order valence-corrected chi connectivity index (χ4v) is 3.57. The Morgan fingerprint density at radius 3 is 2.52 bits per heavy atom. The van der Waals surface area contributed by atoms with Crippen LogP contribution in [0.1, 0.15) is 27.0 Å². The van der Waals surface area contributed by atoms with Gasteiger partial charge in [-0.25, -0.2) is 15.0 Å². The van der Waals surface area contributed by atoms with Crippen molar-refractivity contribution in [3.05, 3.63) is 15.3 Å². The molecule has 1 aliphatic rings. The molecule has 0 N–H and O–H groups in total. The van der Waals surface area contributed by atoms with Crippen LogP contribution < -0.4 is 0 Å². The molecule has 0 bridgehead atoms. The van der Waals surface area contributed by atoms with Crippen LogP contribution in [0.25, 0.3) is 11.2 Å². The number of ether oxygens (including phenoxy) is 3. The van der Waals surface area contributed by atoms with E-state index in [2.05, 4.69) is 15.0 Å². The summed E-state index contributed by atoms with van der Waals surface area (Å²) in [5.41, 5.74) is 0.832. The van der Waals surface area contributed by atoms with Gasteiger partial charge < -0.3 is 14.2 Å². The number of halogens is 2. The molecule has 2 aromatic heterocycles. The molecule has 11 heteroatoms. The van der Waals surface area contributed by atoms with Crippen LogP contribution in [-0.2, 0) is 23.8 Å². The zero-order valence-corrected chi connectivity index (χ0v) is 16.4. The van der Waals surface area contributed by atoms with Crippen LogP contribution in [0.5, 0.6) is 0 Å². The first-order valence-corrected chi connectivity index (χ1v) is 8.79. The van der Waals surface area contributed by atoms with E-state index >= 15 is 0 Å². The zero-order valence-electron chi connectivity index (χ0n) is 13.5. The number of nitrogens with zero attached hydrogens (tertiary/aromatic N) is 4. The summed E-state index contributed by atoms with van der Waals surface area (Å²) < 4.78 is 18.6. The molecule has 0 amide bonds. The van der Waals surface area contributed by atoms with Gasteiger partial charge in [0.05, 0.1) is 12.4 Å². The number of esters is 2. The first-order chi connectivity index (χ1) is 11.8. The Hall–Kier alpha value is -1.53. The third-order valence-electron chi connectivity index (χ3n) is 3.65. The maximum Gasteiger partial charge on any atom is 0.303 e. The van der Waals surface area contributed by atoms with Crippen LogP contribution in [-0.4, -0.2) is 49.8 Å². The average Bonchev–Trinajstić information content (AvgIpc) is 3.02. The maximum atomic E-state index is 11.5. The van der Waals surface area contributed by atoms with Crippen molar-refractivity contribution in [3.8, 4) is 0 Å². The molecule has 0 saturated carbocycles. The summed E-state index contributed by atoms with van der Waals surface area (Å²) in [5.74, 6) is -1.01. The average molecular weight is 481 g/mol. The number of fused-ring (bicyclic) bond motifs is 1. The second-order valence-electron chi connectivity index (χ2n) is 5.49. The molecule has 9 nitrogen and oxygen atoms in total. The first kappa shape index (κ1) is 18.3. The van der Waals surface area contributed by atoms with Crippen molar-refractivity contribution in [2.24, 2.45) is 0 Å². The molecular formula is C14H14ClIN4O5. The van der Waals surface area contributed by atoms with E-state index < -0.39 is 36.5 Å². The van der Waals surface area contributed by atoms with Crippen LogP contribution in [0.4, 0.5) is 0 Å². The predicted octanol–water partition coefficient (Wildman–Crippen LogP) is 1.86. The van der Waals surface area contributed by atoms with E-state index in [0.29, 0.717) is 15.0 Å². The zero-order chi connectivity index (χ0) is 18.3. The van der Waals surface area contributed by atoms with E-state index in [1.165, 1.54) is 20.2 Å². The normalized spacial score (nSPS) is 26.0. The van der Waals surface area contributed by atoms with Gasteiger partial charge in [0.1, 0.15) is 5.52 Å². The topological polar surface area (TPSA) is 105 Å². The number of hydrogen-bond donors (Lipinski definition) is 0. The molecule has 4 atom stereocenters. The molecule has 3 heterocycles. The molecule has 25 heavy (non-hydrogen) atoms. The lowest BCUT2D eigenvalue weighted by molar-refractivity contribution is -0.165. The van der Waals surface area contributed by atoms with E-state index in [-0.39, 0.29) is 5.15 Å². The lowest BCUT2D eigenvalue weighted by Gasteiger charge is -2.23. The minimum Gasteiger partial charge on any atom is -0.456 e. The molecule has 134 valence electrons. The van der Waals surface area contributed by atoms with Crippen molar-refractivity contribution in [2.45, 2.75) is 45.3 Å². The summed E-state index contributed by atoms with van der Waals surface area (Å²) in [6.45, 7) is 4.29. The summed E-state index contributed by atoms with van der Waals surface area (Å²) >= 11 is 8.04. The Bertz CT molecular complexity index is 844. The van der Waals surface area contributed by atoms with Gasteiger partial charge in [-0.2, -0.15) is 0 Å². The smallest absolute Gasteiger partial charge is 0.303 e. The molecule has 0 radical (unpaired) electrons. The third-order valence-corrected chi connectivity index (χ3v) is 4.40. The Balaban J connectivity index is 2.05. The van der Waals surface area contributed by atoms with Gasteiger partial charge in [0.25, 0.3) is 0 Å². The molecule has 0 unspecified atom stereocenters. The largest absolute Gasteiger partial charge is 0.456 e. The molecule has 1 saturated heterocycles. The first-order valence-electron chi connectivity index (χ1n) is 7.33. The molecule has 1 aliphatic heterocycles. The highest BCUT2D eigenvalue weighted by Crippen LogP contribution is 2.36. The maximum absolute atomic E-state index is 11.5. The fourth-order valence-electron chi connectivity index (χ4n) is 2.74. The summed E-state index contributed by atoms with van der Waals surface area (Å²) in [4.78, 5) is 35.5. The minimum atomic E-state index is -0.847. The van der Waals surface area contributed by atoms with Crippen LogP contribution in [0.15, 0.2) is 6.33 Å². The summed E-state index contributed by atoms with van der Waals surface area (Å²) in [6.07, 6.45) is -1.38. The Morgan fingerprint density at radius 2 is 1.88 bits per heavy atom. The Labute approximate surface area is 161 Å². The van der Waals surface area contributed by atoms with Crippen molar-refractivity contribution < 1.29 is 23.8 Å². The predicted molar refractivity (Wildman–Crippen MR) is 93.7 cm³/mol. The number of aromatic nitrogens is 4. The molecule has 2 aromatic rings. The third kappa shape index (κ3) is 3.55. The van der Waals surface area contributed by atoms with Gasteiger partial charge in [-0.3, -0.25) is 14.2 Å². The van der Waals surface area contributed by atoms with Crippen molar-refractivity contribution in [1.82, 2.24) is 19.5 Å². The summed E-state index contributed by atoms with van der Waals surface area (Å²) in [7, 11) is 0. The standard InChI is InChI=1S/C14H14ClIN4O5/c1-5-9(24-6(2)21)10(25-7(3)22)13(23-5)20-4-17-8-11(15)18-14(16)19-12(8)20/h4-5,9-10,13H,1-3H3/t5-,9-,10-,13-/m1/s1. The second-order valence-corrected chi connectivity index (χ2v) is 6.81. The minimum absolute atomic E-state index is 0.208. The van der Waals surface area contributed by atoms with Crippen molar-refractivity contribution >= 4 is 57.3 Å². The lowest BCUT2D eigenvalue weighted by atomic mass is 10.1. The highest BCUT2D eigenvalue weighted by molar-refractivity contribution is 14.1. The number of carbonyl (C=O) groups excluding carboxylic acids is 2. The summed E-state index contributed by atoms with van der Waals surface area (Å²) in [6, 6.07) is 0. The molecule has 0 aliphatic carbocycles. The van der Waals surface area contributed by atoms with Gasteiger partial charge in [-0.05, 0) is 6.92 Å². The number of rotatable bonds is 3. The highest BCUT2D eigenvalue weighted by Gasteiger charge is 2.48. The quantitative estimate of drug-likeness (QED) is 0.284. The van der Waals surface area contributed by atoms with Crippen LogP contribution in [0.2, 0.25) is 5.15 Å². The van der Waals surface area contributed by atoms with Gasteiger partial charge >= 0.3 is 11.9 Å². The number of carbonyl (C=O) groups is 2. The van der Waals surface area contributed by atoms with Crippen LogP contribution >= 0.6 is 34.2 Å². The van der Waals surface area contributed by atoms with Gasteiger partial charge in [0.15, 0.2) is 33.1 Å². The number of imidazole rings is 1. The van der Waals surface area contributed by atoms with Crippen molar-refractivity contribution in [3.63, 3.8) is 0 Å². The van der Waals surface area contributed by atoms with E-state index in [1.54, 1.807) is 11.5 Å². The van der Waals surface area contributed by atoms with Crippen LogP contribution in [0, 0.1) is 3.83 Å². The number of hydrogen-bond acceptors (Lipinski definition) is 8. The van der Waals surface area contributed by atoms with Crippen molar-refractivity contribution in [2.75, 3.05) is 0 Å². The van der Waals surface area contributed by atoms with Gasteiger partial charge in [0.2, 0.25) is 0 Å². The molecule has 1 fully saturated rings. The molecule has 0 spiro atoms. The lowest BCUT2D eigenvalue weighted by Crippen LogP contribution is -2.38. The van der Waals surface area contributed by atoms with Crippen LogP contribution in [0.3, 0.4) is 0 Å².